The van der Waals surface area contributed by atoms with Crippen molar-refractivity contribution in [1.29, 1.82) is 0 Å². The molecule has 1 atom stereocenters. The minimum atomic E-state index is -0.440. The minimum absolute atomic E-state index is 0.0802. The van der Waals surface area contributed by atoms with Gasteiger partial charge in [0.25, 0.3) is 0 Å². The van der Waals surface area contributed by atoms with E-state index in [4.69, 9.17) is 10.6 Å². The lowest BCUT2D eigenvalue weighted by Gasteiger charge is -2.22. The highest BCUT2D eigenvalue weighted by molar-refractivity contribution is 5.46. The van der Waals surface area contributed by atoms with Gasteiger partial charge in [-0.15, -0.1) is 0 Å². The van der Waals surface area contributed by atoms with Gasteiger partial charge in [0.1, 0.15) is 18.2 Å². The summed E-state index contributed by atoms with van der Waals surface area (Å²) in [6.07, 6.45) is 0.267. The third-order valence-electron chi connectivity index (χ3n) is 2.72. The van der Waals surface area contributed by atoms with Gasteiger partial charge in [0.2, 0.25) is 0 Å². The predicted molar refractivity (Wildman–Crippen MR) is 83.7 cm³/mol. The molecule has 5 N–H and O–H groups in total. The molecule has 0 radical (unpaired) electrons. The molecule has 0 aliphatic carbocycles. The summed E-state index contributed by atoms with van der Waals surface area (Å²) in [6.45, 7) is 9.54. The van der Waals surface area contributed by atoms with E-state index in [1.54, 1.807) is 6.07 Å². The number of hydrogen-bond acceptors (Lipinski definition) is 7. The third-order valence-corrected chi connectivity index (χ3v) is 2.72. The van der Waals surface area contributed by atoms with Crippen LogP contribution in [0.5, 0.6) is 0 Å². The van der Waals surface area contributed by atoms with Crippen molar-refractivity contribution in [1.82, 2.24) is 9.97 Å². The molecular weight excluding hydrogens is 270 g/mol. The van der Waals surface area contributed by atoms with Crippen molar-refractivity contribution in [2.24, 2.45) is 11.3 Å². The first-order valence-electron chi connectivity index (χ1n) is 7.18. The lowest BCUT2D eigenvalue weighted by atomic mass is 9.89. The van der Waals surface area contributed by atoms with Gasteiger partial charge >= 0.3 is 0 Å². The molecule has 0 amide bonds. The maximum absolute atomic E-state index is 10.0. The van der Waals surface area contributed by atoms with E-state index in [0.717, 1.165) is 0 Å². The second kappa shape index (κ2) is 8.11. The summed E-state index contributed by atoms with van der Waals surface area (Å²) in [7, 11) is 0. The summed E-state index contributed by atoms with van der Waals surface area (Å²) in [6, 6.07) is 1.69. The SMILES string of the molecule is CCOCc1nc(NN)cc(NCC(O)CC(C)(C)C)n1. The van der Waals surface area contributed by atoms with Crippen LogP contribution >= 0.6 is 0 Å². The van der Waals surface area contributed by atoms with Gasteiger partial charge in [-0.3, -0.25) is 0 Å². The van der Waals surface area contributed by atoms with Crippen LogP contribution in [-0.4, -0.2) is 34.3 Å². The number of aliphatic hydroxyl groups is 1. The van der Waals surface area contributed by atoms with E-state index in [2.05, 4.69) is 41.5 Å². The Labute approximate surface area is 126 Å². The highest BCUT2D eigenvalue weighted by atomic mass is 16.5. The summed E-state index contributed by atoms with van der Waals surface area (Å²) >= 11 is 0. The average molecular weight is 297 g/mol. The van der Waals surface area contributed by atoms with Gasteiger partial charge in [0, 0.05) is 19.2 Å². The molecule has 0 saturated carbocycles. The lowest BCUT2D eigenvalue weighted by molar-refractivity contribution is 0.128. The maximum atomic E-state index is 10.0. The number of ether oxygens (including phenoxy) is 1. The summed E-state index contributed by atoms with van der Waals surface area (Å²) in [5.41, 5.74) is 2.58. The van der Waals surface area contributed by atoms with Crippen molar-refractivity contribution in [3.05, 3.63) is 11.9 Å². The average Bonchev–Trinajstić information content (AvgIpc) is 2.41. The molecule has 1 aromatic rings. The molecule has 1 rings (SSSR count). The zero-order chi connectivity index (χ0) is 15.9. The first kappa shape index (κ1) is 17.6. The fourth-order valence-corrected chi connectivity index (χ4v) is 1.92. The van der Waals surface area contributed by atoms with Crippen LogP contribution in [0.1, 0.15) is 39.9 Å². The number of nitrogens with zero attached hydrogens (tertiary/aromatic N) is 2. The molecular formula is C14H27N5O2. The topological polar surface area (TPSA) is 105 Å². The standard InChI is InChI=1S/C14H27N5O2/c1-5-21-9-13-17-11(6-12(18-13)19-15)16-8-10(20)7-14(2,3)4/h6,10,20H,5,7-9,15H2,1-4H3,(H2,16,17,18,19). The van der Waals surface area contributed by atoms with E-state index in [9.17, 15) is 5.11 Å². The van der Waals surface area contributed by atoms with Gasteiger partial charge in [0.15, 0.2) is 5.82 Å². The number of hydrazine groups is 1. The zero-order valence-corrected chi connectivity index (χ0v) is 13.3. The fourth-order valence-electron chi connectivity index (χ4n) is 1.92. The summed E-state index contributed by atoms with van der Waals surface area (Å²) < 4.78 is 5.29. The molecule has 7 nitrogen and oxygen atoms in total. The molecule has 0 aromatic carbocycles. The third kappa shape index (κ3) is 7.22. The van der Waals surface area contributed by atoms with Crippen LogP contribution in [0, 0.1) is 5.41 Å². The van der Waals surface area contributed by atoms with Crippen LogP contribution in [0.2, 0.25) is 0 Å². The number of hydrogen-bond donors (Lipinski definition) is 4. The highest BCUT2D eigenvalue weighted by Gasteiger charge is 2.16. The molecule has 0 saturated heterocycles. The van der Waals surface area contributed by atoms with Crippen molar-refractivity contribution in [2.75, 3.05) is 23.9 Å². The Morgan fingerprint density at radius 1 is 1.33 bits per heavy atom. The molecule has 1 heterocycles. The fraction of sp³-hybridized carbons (Fsp3) is 0.714. The van der Waals surface area contributed by atoms with Crippen LogP contribution in [0.25, 0.3) is 0 Å². The Hall–Kier alpha value is -1.44. The Kier molecular flexibility index (Phi) is 6.80. The molecule has 0 aliphatic heterocycles. The quantitative estimate of drug-likeness (QED) is 0.426. The van der Waals surface area contributed by atoms with Crippen molar-refractivity contribution >= 4 is 11.6 Å². The summed E-state index contributed by atoms with van der Waals surface area (Å²) in [5, 5.41) is 13.1. The summed E-state index contributed by atoms with van der Waals surface area (Å²) in [4.78, 5) is 8.53. The number of aromatic nitrogens is 2. The van der Waals surface area contributed by atoms with Crippen molar-refractivity contribution in [2.45, 2.75) is 46.8 Å². The van der Waals surface area contributed by atoms with Gasteiger partial charge in [-0.05, 0) is 18.8 Å². The van der Waals surface area contributed by atoms with E-state index < -0.39 is 6.10 Å². The molecule has 7 heteroatoms. The minimum Gasteiger partial charge on any atom is -0.391 e. The number of nitrogens with two attached hydrogens (primary N) is 1. The van der Waals surface area contributed by atoms with E-state index in [1.165, 1.54) is 0 Å². The van der Waals surface area contributed by atoms with E-state index >= 15 is 0 Å². The van der Waals surface area contributed by atoms with Crippen molar-refractivity contribution in [3.8, 4) is 0 Å². The number of rotatable bonds is 8. The van der Waals surface area contributed by atoms with Crippen molar-refractivity contribution in [3.63, 3.8) is 0 Å². The molecule has 0 aliphatic rings. The second-order valence-electron chi connectivity index (χ2n) is 6.14. The van der Waals surface area contributed by atoms with Crippen LogP contribution in [-0.2, 0) is 11.3 Å². The van der Waals surface area contributed by atoms with Gasteiger partial charge in [-0.25, -0.2) is 15.8 Å². The Balaban J connectivity index is 2.64. The highest BCUT2D eigenvalue weighted by Crippen LogP contribution is 2.21. The molecule has 0 fully saturated rings. The zero-order valence-electron chi connectivity index (χ0n) is 13.3. The first-order chi connectivity index (χ1) is 9.84. The molecule has 0 bridgehead atoms. The molecule has 120 valence electrons. The van der Waals surface area contributed by atoms with Crippen LogP contribution in [0.4, 0.5) is 11.6 Å². The van der Waals surface area contributed by atoms with Crippen molar-refractivity contribution < 1.29 is 9.84 Å². The molecule has 0 spiro atoms. The number of aliphatic hydroxyl groups excluding tert-OH is 1. The molecule has 1 unspecified atom stereocenters. The Morgan fingerprint density at radius 3 is 2.57 bits per heavy atom. The van der Waals surface area contributed by atoms with Gasteiger partial charge in [0.05, 0.1) is 6.10 Å². The Bertz CT molecular complexity index is 434. The number of anilines is 2. The van der Waals surface area contributed by atoms with E-state index in [1.807, 2.05) is 6.92 Å². The van der Waals surface area contributed by atoms with E-state index in [0.29, 0.717) is 43.6 Å². The van der Waals surface area contributed by atoms with Gasteiger partial charge < -0.3 is 20.6 Å². The largest absolute Gasteiger partial charge is 0.391 e. The lowest BCUT2D eigenvalue weighted by Crippen LogP contribution is -2.25. The Morgan fingerprint density at radius 2 is 2.00 bits per heavy atom. The van der Waals surface area contributed by atoms with Gasteiger partial charge in [-0.2, -0.15) is 0 Å². The molecule has 1 aromatic heterocycles. The normalized spacial score (nSPS) is 13.0. The predicted octanol–water partition coefficient (Wildman–Crippen LogP) is 1.51. The number of nitrogens with one attached hydrogen (secondary N) is 2. The molecule has 21 heavy (non-hydrogen) atoms. The first-order valence-corrected chi connectivity index (χ1v) is 7.18. The van der Waals surface area contributed by atoms with E-state index in [-0.39, 0.29) is 5.41 Å². The van der Waals surface area contributed by atoms with Gasteiger partial charge in [-0.1, -0.05) is 20.8 Å². The maximum Gasteiger partial charge on any atom is 0.158 e. The van der Waals surface area contributed by atoms with Crippen LogP contribution in [0.3, 0.4) is 0 Å². The second-order valence-corrected chi connectivity index (χ2v) is 6.14. The van der Waals surface area contributed by atoms with Crippen LogP contribution in [0.15, 0.2) is 6.07 Å². The number of nitrogen functional groups attached to an aromatic ring is 1. The smallest absolute Gasteiger partial charge is 0.158 e. The summed E-state index contributed by atoms with van der Waals surface area (Å²) in [5.74, 6) is 7.06. The monoisotopic (exact) mass is 297 g/mol. The van der Waals surface area contributed by atoms with Crippen LogP contribution < -0.4 is 16.6 Å².